The van der Waals surface area contributed by atoms with Crippen LogP contribution in [0.4, 0.5) is 0 Å². The summed E-state index contributed by atoms with van der Waals surface area (Å²) in [7, 11) is -4.65. The van der Waals surface area contributed by atoms with Crippen LogP contribution < -0.4 is 0 Å². The molecule has 0 aromatic heterocycles. The maximum absolute atomic E-state index is 9.91. The Bertz CT molecular complexity index is 873. The lowest BCUT2D eigenvalue weighted by Crippen LogP contribution is -2.49. The second-order valence-corrected chi connectivity index (χ2v) is 22.7. The molecule has 3 aliphatic carbocycles. The fraction of sp³-hybridized carbons (Fsp3) is 0.879. The van der Waals surface area contributed by atoms with Crippen molar-refractivity contribution in [1.82, 2.24) is 0 Å². The van der Waals surface area contributed by atoms with E-state index >= 15 is 0 Å². The molecule has 0 aliphatic heterocycles. The van der Waals surface area contributed by atoms with Crippen molar-refractivity contribution in [3.63, 3.8) is 0 Å². The number of aliphatic hydroxyl groups is 1. The molecule has 3 aliphatic rings. The van der Waals surface area contributed by atoms with Gasteiger partial charge in [-0.25, -0.2) is 0 Å². The highest BCUT2D eigenvalue weighted by Gasteiger charge is 2.50. The zero-order chi connectivity index (χ0) is 30.1. The van der Waals surface area contributed by atoms with Gasteiger partial charge in [-0.2, -0.15) is 0 Å². The number of hydrogen-bond acceptors (Lipinski definition) is 5. The lowest BCUT2D eigenvalue weighted by Gasteiger charge is -2.44. The van der Waals surface area contributed by atoms with Gasteiger partial charge in [-0.15, -0.1) is 0 Å². The third-order valence-corrected chi connectivity index (χ3v) is 13.1. The SMILES string of the molecule is C[C@@H](CO)[C@H]1CC[C@H]2C(=CC=C3C[C@@H](O[Si](C)(C)OC(C)(C)C)C[C@H](O[Si](C)(C)OC(C)(C)C)C3)CCC[C@]12C. The van der Waals surface area contributed by atoms with Crippen LogP contribution in [0.25, 0.3) is 0 Å². The third kappa shape index (κ3) is 9.61. The molecule has 0 saturated heterocycles. The Morgan fingerprint density at radius 1 is 0.900 bits per heavy atom. The van der Waals surface area contributed by atoms with E-state index in [9.17, 15) is 5.11 Å². The highest BCUT2D eigenvalue weighted by Crippen LogP contribution is 2.59. The molecule has 0 unspecified atom stereocenters. The first-order chi connectivity index (χ1) is 18.2. The van der Waals surface area contributed by atoms with E-state index in [1.165, 1.54) is 37.7 Å². The van der Waals surface area contributed by atoms with Crippen molar-refractivity contribution in [2.75, 3.05) is 6.61 Å². The molecule has 40 heavy (non-hydrogen) atoms. The predicted octanol–water partition coefficient (Wildman–Crippen LogP) is 8.67. The minimum Gasteiger partial charge on any atom is -0.396 e. The van der Waals surface area contributed by atoms with Gasteiger partial charge < -0.3 is 22.8 Å². The van der Waals surface area contributed by atoms with Crippen LogP contribution in [0.5, 0.6) is 0 Å². The van der Waals surface area contributed by atoms with Gasteiger partial charge in [0.25, 0.3) is 0 Å². The molecule has 232 valence electrons. The molecule has 1 N–H and O–H groups in total. The molecule has 0 aromatic rings. The number of hydrogen-bond donors (Lipinski definition) is 1. The van der Waals surface area contributed by atoms with Gasteiger partial charge in [0, 0.05) is 6.61 Å². The van der Waals surface area contributed by atoms with E-state index in [1.807, 2.05) is 0 Å². The van der Waals surface area contributed by atoms with Gasteiger partial charge in [0.1, 0.15) is 0 Å². The van der Waals surface area contributed by atoms with Crippen LogP contribution in [-0.4, -0.2) is 52.2 Å². The Labute approximate surface area is 249 Å². The Hall–Kier alpha value is -0.286. The van der Waals surface area contributed by atoms with Gasteiger partial charge in [0.05, 0.1) is 23.4 Å². The summed E-state index contributed by atoms with van der Waals surface area (Å²) < 4.78 is 26.4. The molecule has 0 aromatic carbocycles. The van der Waals surface area contributed by atoms with Crippen molar-refractivity contribution in [3.8, 4) is 0 Å². The number of rotatable bonds is 9. The maximum Gasteiger partial charge on any atom is 0.332 e. The smallest absolute Gasteiger partial charge is 0.332 e. The number of fused-ring (bicyclic) bond motifs is 1. The van der Waals surface area contributed by atoms with Crippen LogP contribution >= 0.6 is 0 Å². The lowest BCUT2D eigenvalue weighted by molar-refractivity contribution is 0.00405. The third-order valence-electron chi connectivity index (χ3n) is 9.06. The quantitative estimate of drug-likeness (QED) is 0.271. The van der Waals surface area contributed by atoms with Crippen LogP contribution in [0.3, 0.4) is 0 Å². The Kier molecular flexibility index (Phi) is 10.9. The van der Waals surface area contributed by atoms with E-state index in [0.717, 1.165) is 19.3 Å². The molecule has 0 heterocycles. The number of aliphatic hydroxyl groups excluding tert-OH is 1. The first-order valence-electron chi connectivity index (χ1n) is 16.0. The Morgan fingerprint density at radius 3 is 1.90 bits per heavy atom. The molecule has 3 fully saturated rings. The Morgan fingerprint density at radius 2 is 1.43 bits per heavy atom. The summed E-state index contributed by atoms with van der Waals surface area (Å²) in [5.74, 6) is 1.64. The van der Waals surface area contributed by atoms with E-state index in [2.05, 4.69) is 93.7 Å². The minimum atomic E-state index is -2.33. The summed E-state index contributed by atoms with van der Waals surface area (Å²) in [6.45, 7) is 26.4. The van der Waals surface area contributed by atoms with Crippen molar-refractivity contribution < 1.29 is 22.8 Å². The van der Waals surface area contributed by atoms with Crippen LogP contribution in [0.15, 0.2) is 23.3 Å². The average molecular weight is 595 g/mol. The monoisotopic (exact) mass is 594 g/mol. The molecule has 0 amide bonds. The minimum absolute atomic E-state index is 0.0877. The first-order valence-corrected chi connectivity index (χ1v) is 21.6. The fourth-order valence-electron chi connectivity index (χ4n) is 8.34. The van der Waals surface area contributed by atoms with Crippen LogP contribution in [0.1, 0.15) is 107 Å². The van der Waals surface area contributed by atoms with E-state index in [-0.39, 0.29) is 23.4 Å². The number of allylic oxidation sites excluding steroid dienone is 3. The van der Waals surface area contributed by atoms with E-state index < -0.39 is 17.1 Å². The first kappa shape index (κ1) is 34.2. The van der Waals surface area contributed by atoms with E-state index in [0.29, 0.717) is 29.8 Å². The zero-order valence-corrected chi connectivity index (χ0v) is 30.0. The summed E-state index contributed by atoms with van der Waals surface area (Å²) in [5.41, 5.74) is 2.90. The molecule has 0 spiro atoms. The fourth-order valence-corrected chi connectivity index (χ4v) is 13.3. The van der Waals surface area contributed by atoms with Crippen LogP contribution in [0, 0.1) is 23.2 Å². The molecule has 5 nitrogen and oxygen atoms in total. The van der Waals surface area contributed by atoms with Crippen LogP contribution in [-0.2, 0) is 17.7 Å². The largest absolute Gasteiger partial charge is 0.396 e. The zero-order valence-electron chi connectivity index (χ0n) is 28.0. The average Bonchev–Trinajstić information content (AvgIpc) is 3.10. The molecule has 6 atom stereocenters. The van der Waals surface area contributed by atoms with Gasteiger partial charge in [0.2, 0.25) is 0 Å². The second-order valence-electron chi connectivity index (χ2n) is 16.2. The summed E-state index contributed by atoms with van der Waals surface area (Å²) in [6.07, 6.45) is 14.0. The normalized spacial score (nSPS) is 32.3. The van der Waals surface area contributed by atoms with Crippen molar-refractivity contribution in [3.05, 3.63) is 23.3 Å². The standard InChI is InChI=1S/C33H62O5Si2/c1-24(23-34)29-17-18-30-26(14-13-19-33(29,30)8)16-15-25-20-27(35-39(9,10)37-31(2,3)4)22-28(21-25)36-40(11,12)38-32(5,6)7/h15-16,24,27-30,34H,13-14,17-23H2,1-12H3/t24-,27+,28+,29+,30-,33+/m0/s1. The molecule has 3 saturated carbocycles. The molecule has 0 radical (unpaired) electrons. The summed E-state index contributed by atoms with van der Waals surface area (Å²) in [4.78, 5) is 0. The van der Waals surface area contributed by atoms with Gasteiger partial charge in [-0.3, -0.25) is 0 Å². The summed E-state index contributed by atoms with van der Waals surface area (Å²) >= 11 is 0. The van der Waals surface area contributed by atoms with Crippen molar-refractivity contribution in [2.24, 2.45) is 23.2 Å². The van der Waals surface area contributed by atoms with Gasteiger partial charge >= 0.3 is 17.1 Å². The van der Waals surface area contributed by atoms with E-state index in [4.69, 9.17) is 17.7 Å². The van der Waals surface area contributed by atoms with Crippen molar-refractivity contribution in [2.45, 2.75) is 156 Å². The lowest BCUT2D eigenvalue weighted by atomic mass is 9.61. The topological polar surface area (TPSA) is 57.2 Å². The van der Waals surface area contributed by atoms with Gasteiger partial charge in [-0.1, -0.05) is 37.1 Å². The summed E-state index contributed by atoms with van der Waals surface area (Å²) in [5, 5.41) is 9.91. The van der Waals surface area contributed by atoms with Gasteiger partial charge in [0.15, 0.2) is 0 Å². The molecule has 0 bridgehead atoms. The predicted molar refractivity (Wildman–Crippen MR) is 171 cm³/mol. The van der Waals surface area contributed by atoms with Crippen molar-refractivity contribution >= 4 is 17.1 Å². The van der Waals surface area contributed by atoms with Crippen LogP contribution in [0.2, 0.25) is 26.2 Å². The summed E-state index contributed by atoms with van der Waals surface area (Å²) in [6, 6.07) is 0. The van der Waals surface area contributed by atoms with Gasteiger partial charge in [-0.05, 0) is 142 Å². The maximum atomic E-state index is 9.91. The van der Waals surface area contributed by atoms with Crippen molar-refractivity contribution in [1.29, 1.82) is 0 Å². The highest BCUT2D eigenvalue weighted by molar-refractivity contribution is 6.65. The Balaban J connectivity index is 1.83. The molecular weight excluding hydrogens is 533 g/mol. The highest BCUT2D eigenvalue weighted by atomic mass is 28.4. The molecule has 7 heteroatoms. The molecule has 3 rings (SSSR count). The van der Waals surface area contributed by atoms with E-state index in [1.54, 1.807) is 5.57 Å². The molecular formula is C33H62O5Si2. The second kappa shape index (κ2) is 12.8.